The monoisotopic (exact) mass is 324 g/mol. The molecule has 24 heavy (non-hydrogen) atoms. The van der Waals surface area contributed by atoms with Crippen molar-refractivity contribution in [2.45, 2.75) is 26.7 Å². The Kier molecular flexibility index (Phi) is 5.69. The van der Waals surface area contributed by atoms with E-state index in [1.807, 2.05) is 50.3 Å². The molecular formula is C21H24O3. The van der Waals surface area contributed by atoms with Crippen LogP contribution in [0.25, 0.3) is 0 Å². The van der Waals surface area contributed by atoms with E-state index in [1.165, 1.54) is 0 Å². The number of allylic oxidation sites excluding steroid dienone is 2. The quantitative estimate of drug-likeness (QED) is 0.705. The number of ether oxygens (including phenoxy) is 2. The molecule has 0 aliphatic heterocycles. The molecule has 1 N–H and O–H groups in total. The fourth-order valence-electron chi connectivity index (χ4n) is 2.69. The second-order valence-corrected chi connectivity index (χ2v) is 5.73. The van der Waals surface area contributed by atoms with Crippen molar-refractivity contribution < 1.29 is 14.6 Å². The van der Waals surface area contributed by atoms with Crippen LogP contribution in [-0.2, 0) is 12.8 Å². The molecule has 2 aromatic rings. The number of hydrogen-bond donors (Lipinski definition) is 1. The largest absolute Gasteiger partial charge is 0.507 e. The molecule has 2 rings (SSSR count). The molecule has 0 saturated carbocycles. The number of benzene rings is 2. The standard InChI is InChI=1S/C21H24O3/c1-6-8-16-10-11-18(19(13-16)23-5)24-21-15(4)20(22)14(3)12-17(21)9-7-2/h6-7,10-13,22H,1-2,8-9H2,3-5H3. The van der Waals surface area contributed by atoms with Crippen molar-refractivity contribution in [2.24, 2.45) is 0 Å². The Balaban J connectivity index is 2.49. The zero-order valence-electron chi connectivity index (χ0n) is 14.6. The van der Waals surface area contributed by atoms with Crippen molar-refractivity contribution in [2.75, 3.05) is 7.11 Å². The molecule has 126 valence electrons. The first-order valence-electron chi connectivity index (χ1n) is 7.90. The fourth-order valence-corrected chi connectivity index (χ4v) is 2.69. The van der Waals surface area contributed by atoms with E-state index in [1.54, 1.807) is 7.11 Å². The van der Waals surface area contributed by atoms with Crippen LogP contribution < -0.4 is 9.47 Å². The SMILES string of the molecule is C=CCc1ccc(Oc2c(CC=C)cc(C)c(O)c2C)c(OC)c1. The van der Waals surface area contributed by atoms with Crippen LogP contribution in [0.1, 0.15) is 22.3 Å². The maximum absolute atomic E-state index is 10.3. The Labute approximate surface area is 143 Å². The van der Waals surface area contributed by atoms with Crippen LogP contribution in [0, 0.1) is 13.8 Å². The van der Waals surface area contributed by atoms with Gasteiger partial charge in [-0.3, -0.25) is 0 Å². The molecule has 0 saturated heterocycles. The number of rotatable bonds is 7. The summed E-state index contributed by atoms with van der Waals surface area (Å²) in [5.41, 5.74) is 3.62. The molecule has 0 unspecified atom stereocenters. The molecule has 0 amide bonds. The average Bonchev–Trinajstić information content (AvgIpc) is 2.57. The van der Waals surface area contributed by atoms with Gasteiger partial charge in [-0.1, -0.05) is 18.2 Å². The molecule has 3 nitrogen and oxygen atoms in total. The van der Waals surface area contributed by atoms with Gasteiger partial charge in [-0.25, -0.2) is 0 Å². The van der Waals surface area contributed by atoms with E-state index >= 15 is 0 Å². The first kappa shape index (κ1) is 17.7. The smallest absolute Gasteiger partial charge is 0.169 e. The van der Waals surface area contributed by atoms with E-state index in [2.05, 4.69) is 13.2 Å². The van der Waals surface area contributed by atoms with Crippen LogP contribution in [0.3, 0.4) is 0 Å². The lowest BCUT2D eigenvalue weighted by Gasteiger charge is -2.18. The number of aryl methyl sites for hydroxylation is 1. The molecule has 0 fully saturated rings. The maximum Gasteiger partial charge on any atom is 0.169 e. The Morgan fingerprint density at radius 3 is 2.38 bits per heavy atom. The van der Waals surface area contributed by atoms with Crippen LogP contribution in [-0.4, -0.2) is 12.2 Å². The Bertz CT molecular complexity index is 760. The molecule has 0 aliphatic rings. The third-order valence-electron chi connectivity index (χ3n) is 3.94. The van der Waals surface area contributed by atoms with E-state index in [9.17, 15) is 5.11 Å². The summed E-state index contributed by atoms with van der Waals surface area (Å²) in [5.74, 6) is 2.16. The van der Waals surface area contributed by atoms with Crippen molar-refractivity contribution >= 4 is 0 Å². The van der Waals surface area contributed by atoms with Crippen LogP contribution in [0.5, 0.6) is 23.0 Å². The molecular weight excluding hydrogens is 300 g/mol. The minimum Gasteiger partial charge on any atom is -0.507 e. The Hall–Kier alpha value is -2.68. The van der Waals surface area contributed by atoms with Crippen molar-refractivity contribution in [3.8, 4) is 23.0 Å². The topological polar surface area (TPSA) is 38.7 Å². The Morgan fingerprint density at radius 1 is 1.04 bits per heavy atom. The summed E-state index contributed by atoms with van der Waals surface area (Å²) < 4.78 is 11.6. The highest BCUT2D eigenvalue weighted by Gasteiger charge is 2.16. The number of methoxy groups -OCH3 is 1. The summed E-state index contributed by atoms with van der Waals surface area (Å²) in [5, 5.41) is 10.3. The van der Waals surface area contributed by atoms with Crippen LogP contribution in [0.2, 0.25) is 0 Å². The van der Waals surface area contributed by atoms with Gasteiger partial charge >= 0.3 is 0 Å². The predicted octanol–water partition coefficient (Wildman–Crippen LogP) is 5.27. The normalized spacial score (nSPS) is 10.3. The van der Waals surface area contributed by atoms with Gasteiger partial charge in [0.1, 0.15) is 11.5 Å². The summed E-state index contributed by atoms with van der Waals surface area (Å²) in [6.45, 7) is 11.3. The summed E-state index contributed by atoms with van der Waals surface area (Å²) in [4.78, 5) is 0. The molecule has 0 aliphatic carbocycles. The van der Waals surface area contributed by atoms with Crippen LogP contribution >= 0.6 is 0 Å². The van der Waals surface area contributed by atoms with Crippen LogP contribution in [0.4, 0.5) is 0 Å². The number of aromatic hydroxyl groups is 1. The number of hydrogen-bond acceptors (Lipinski definition) is 3. The van der Waals surface area contributed by atoms with Gasteiger partial charge < -0.3 is 14.6 Å². The molecule has 3 heteroatoms. The van der Waals surface area contributed by atoms with Crippen molar-refractivity contribution in [1.82, 2.24) is 0 Å². The zero-order valence-corrected chi connectivity index (χ0v) is 14.6. The van der Waals surface area contributed by atoms with Crippen molar-refractivity contribution in [3.05, 3.63) is 71.8 Å². The lowest BCUT2D eigenvalue weighted by atomic mass is 10.0. The molecule has 0 radical (unpaired) electrons. The average molecular weight is 324 g/mol. The lowest BCUT2D eigenvalue weighted by molar-refractivity contribution is 0.374. The van der Waals surface area contributed by atoms with Gasteiger partial charge in [0.2, 0.25) is 0 Å². The highest BCUT2D eigenvalue weighted by molar-refractivity contribution is 5.56. The zero-order chi connectivity index (χ0) is 17.7. The Morgan fingerprint density at radius 2 is 1.75 bits per heavy atom. The number of phenols is 1. The van der Waals surface area contributed by atoms with Gasteiger partial charge in [-0.05, 0) is 61.6 Å². The summed E-state index contributed by atoms with van der Waals surface area (Å²) in [6, 6.07) is 7.73. The van der Waals surface area contributed by atoms with Crippen molar-refractivity contribution in [1.29, 1.82) is 0 Å². The van der Waals surface area contributed by atoms with Gasteiger partial charge in [0.25, 0.3) is 0 Å². The summed E-state index contributed by atoms with van der Waals surface area (Å²) in [7, 11) is 1.62. The molecule has 0 aromatic heterocycles. The molecule has 0 spiro atoms. The van der Waals surface area contributed by atoms with Crippen molar-refractivity contribution in [3.63, 3.8) is 0 Å². The first-order chi connectivity index (χ1) is 11.5. The molecule has 0 atom stereocenters. The third-order valence-corrected chi connectivity index (χ3v) is 3.94. The summed E-state index contributed by atoms with van der Waals surface area (Å²) >= 11 is 0. The highest BCUT2D eigenvalue weighted by atomic mass is 16.5. The minimum absolute atomic E-state index is 0.250. The molecule has 0 heterocycles. The van der Waals surface area contributed by atoms with Gasteiger partial charge in [-0.2, -0.15) is 0 Å². The van der Waals surface area contributed by atoms with Gasteiger partial charge in [0.05, 0.1) is 7.11 Å². The third kappa shape index (κ3) is 3.62. The molecule has 2 aromatic carbocycles. The van der Waals surface area contributed by atoms with Gasteiger partial charge in [0.15, 0.2) is 11.5 Å². The first-order valence-corrected chi connectivity index (χ1v) is 7.90. The molecule has 0 bridgehead atoms. The van der Waals surface area contributed by atoms with E-state index in [0.717, 1.165) is 23.1 Å². The predicted molar refractivity (Wildman–Crippen MR) is 98.5 cm³/mol. The van der Waals surface area contributed by atoms with E-state index in [-0.39, 0.29) is 5.75 Å². The fraction of sp³-hybridized carbons (Fsp3) is 0.238. The second kappa shape index (κ2) is 7.73. The number of phenolic OH excluding ortho intramolecular Hbond substituents is 1. The van der Waals surface area contributed by atoms with Gasteiger partial charge in [0, 0.05) is 5.56 Å². The summed E-state index contributed by atoms with van der Waals surface area (Å²) in [6.07, 6.45) is 5.10. The maximum atomic E-state index is 10.3. The van der Waals surface area contributed by atoms with E-state index in [4.69, 9.17) is 9.47 Å². The van der Waals surface area contributed by atoms with Crippen LogP contribution in [0.15, 0.2) is 49.6 Å². The minimum atomic E-state index is 0.250. The van der Waals surface area contributed by atoms with Gasteiger partial charge in [-0.15, -0.1) is 13.2 Å². The second-order valence-electron chi connectivity index (χ2n) is 5.73. The van der Waals surface area contributed by atoms with E-state index < -0.39 is 0 Å². The van der Waals surface area contributed by atoms with E-state index in [0.29, 0.717) is 29.2 Å². The lowest BCUT2D eigenvalue weighted by Crippen LogP contribution is -1.98. The highest BCUT2D eigenvalue weighted by Crippen LogP contribution is 2.40.